The van der Waals surface area contributed by atoms with Crippen LogP contribution in [-0.4, -0.2) is 16.1 Å². The smallest absolute Gasteiger partial charge is 0.337 e. The van der Waals surface area contributed by atoms with Crippen LogP contribution in [0.3, 0.4) is 0 Å². The number of benzene rings is 1. The van der Waals surface area contributed by atoms with Gasteiger partial charge in [0.05, 0.1) is 11.3 Å². The molecule has 1 aromatic carbocycles. The van der Waals surface area contributed by atoms with Crippen LogP contribution < -0.4 is 0 Å². The summed E-state index contributed by atoms with van der Waals surface area (Å²) < 4.78 is 13.4. The topological polar surface area (TPSA) is 50.2 Å². The van der Waals surface area contributed by atoms with E-state index in [1.807, 2.05) is 0 Å². The summed E-state index contributed by atoms with van der Waals surface area (Å²) in [6, 6.07) is 7.53. The fourth-order valence-corrected chi connectivity index (χ4v) is 1.66. The van der Waals surface area contributed by atoms with E-state index in [9.17, 15) is 9.18 Å². The Hall–Kier alpha value is -2.23. The Morgan fingerprint density at radius 2 is 2.06 bits per heavy atom. The van der Waals surface area contributed by atoms with Crippen LogP contribution in [0.1, 0.15) is 15.9 Å². The van der Waals surface area contributed by atoms with Gasteiger partial charge in [0, 0.05) is 11.8 Å². The van der Waals surface area contributed by atoms with Gasteiger partial charge in [0.1, 0.15) is 5.82 Å². The van der Waals surface area contributed by atoms with Gasteiger partial charge in [-0.3, -0.25) is 4.98 Å². The molecule has 0 unspecified atom stereocenters. The van der Waals surface area contributed by atoms with Gasteiger partial charge in [-0.15, -0.1) is 0 Å². The summed E-state index contributed by atoms with van der Waals surface area (Å²) in [5, 5.41) is 9.05. The largest absolute Gasteiger partial charge is 0.478 e. The van der Waals surface area contributed by atoms with Crippen molar-refractivity contribution in [3.05, 3.63) is 53.5 Å². The highest BCUT2D eigenvalue weighted by Gasteiger charge is 2.15. The first kappa shape index (κ1) is 11.3. The van der Waals surface area contributed by atoms with E-state index in [-0.39, 0.29) is 17.1 Å². The fourth-order valence-electron chi connectivity index (χ4n) is 1.66. The molecule has 0 fully saturated rings. The Morgan fingerprint density at radius 1 is 1.29 bits per heavy atom. The van der Waals surface area contributed by atoms with Gasteiger partial charge in [0.25, 0.3) is 0 Å². The lowest BCUT2D eigenvalue weighted by molar-refractivity contribution is 0.0697. The van der Waals surface area contributed by atoms with Crippen LogP contribution in [0.5, 0.6) is 0 Å². The normalized spacial score (nSPS) is 10.2. The second kappa shape index (κ2) is 4.33. The van der Waals surface area contributed by atoms with Gasteiger partial charge in [0.2, 0.25) is 0 Å². The van der Waals surface area contributed by atoms with Crippen molar-refractivity contribution in [2.75, 3.05) is 0 Å². The maximum atomic E-state index is 13.4. The molecule has 4 heteroatoms. The third-order valence-corrected chi connectivity index (χ3v) is 2.56. The zero-order chi connectivity index (χ0) is 12.4. The minimum absolute atomic E-state index is 0.0706. The standard InChI is InChI=1S/C13H10FNO2/c1-8-9(4-2-6-11(8)14)12-10(13(16)17)5-3-7-15-12/h2-7H,1H3,(H,16,17). The number of carboxylic acid groups (broad SMARTS) is 1. The number of hydrogen-bond acceptors (Lipinski definition) is 2. The Morgan fingerprint density at radius 3 is 2.76 bits per heavy atom. The molecular formula is C13H10FNO2. The van der Waals surface area contributed by atoms with Gasteiger partial charge in [0.15, 0.2) is 0 Å². The van der Waals surface area contributed by atoms with E-state index >= 15 is 0 Å². The van der Waals surface area contributed by atoms with Gasteiger partial charge in [-0.1, -0.05) is 12.1 Å². The molecule has 0 aliphatic heterocycles. The van der Waals surface area contributed by atoms with Crippen molar-refractivity contribution in [2.45, 2.75) is 6.92 Å². The number of aromatic nitrogens is 1. The first-order valence-electron chi connectivity index (χ1n) is 5.05. The molecule has 0 aliphatic rings. The van der Waals surface area contributed by atoms with Crippen molar-refractivity contribution in [3.8, 4) is 11.3 Å². The summed E-state index contributed by atoms with van der Waals surface area (Å²) in [5.41, 5.74) is 1.26. The van der Waals surface area contributed by atoms with Crippen LogP contribution in [0.4, 0.5) is 4.39 Å². The molecule has 0 radical (unpaired) electrons. The number of aromatic carboxylic acids is 1. The molecule has 0 bridgehead atoms. The molecular weight excluding hydrogens is 221 g/mol. The van der Waals surface area contributed by atoms with E-state index in [4.69, 9.17) is 5.11 Å². The zero-order valence-electron chi connectivity index (χ0n) is 9.14. The number of rotatable bonds is 2. The number of carbonyl (C=O) groups is 1. The van der Waals surface area contributed by atoms with Crippen LogP contribution in [0.15, 0.2) is 36.5 Å². The molecule has 0 atom stereocenters. The number of halogens is 1. The van der Waals surface area contributed by atoms with Gasteiger partial charge in [-0.05, 0) is 30.7 Å². The molecule has 0 aliphatic carbocycles. The summed E-state index contributed by atoms with van der Waals surface area (Å²) in [4.78, 5) is 15.1. The van der Waals surface area contributed by atoms with Crippen LogP contribution in [0, 0.1) is 12.7 Å². The highest BCUT2D eigenvalue weighted by atomic mass is 19.1. The van der Waals surface area contributed by atoms with Crippen LogP contribution in [0.25, 0.3) is 11.3 Å². The van der Waals surface area contributed by atoms with Crippen molar-refractivity contribution < 1.29 is 14.3 Å². The molecule has 0 spiro atoms. The van der Waals surface area contributed by atoms with Crippen LogP contribution in [0.2, 0.25) is 0 Å². The maximum Gasteiger partial charge on any atom is 0.337 e. The van der Waals surface area contributed by atoms with E-state index in [2.05, 4.69) is 4.98 Å². The van der Waals surface area contributed by atoms with Gasteiger partial charge in [-0.2, -0.15) is 0 Å². The van der Waals surface area contributed by atoms with E-state index in [0.29, 0.717) is 11.1 Å². The van der Waals surface area contributed by atoms with Gasteiger partial charge < -0.3 is 5.11 Å². The summed E-state index contributed by atoms with van der Waals surface area (Å²) in [6.07, 6.45) is 1.49. The molecule has 2 aromatic rings. The minimum Gasteiger partial charge on any atom is -0.478 e. The summed E-state index contributed by atoms with van der Waals surface area (Å²) in [6.45, 7) is 1.60. The third kappa shape index (κ3) is 2.01. The number of pyridine rings is 1. The lowest BCUT2D eigenvalue weighted by Crippen LogP contribution is -2.02. The van der Waals surface area contributed by atoms with Crippen molar-refractivity contribution in [1.29, 1.82) is 0 Å². The van der Waals surface area contributed by atoms with Crippen LogP contribution in [-0.2, 0) is 0 Å². The summed E-state index contributed by atoms with van der Waals surface area (Å²) in [5.74, 6) is -1.44. The molecule has 1 heterocycles. The molecule has 1 N–H and O–H groups in total. The monoisotopic (exact) mass is 231 g/mol. The maximum absolute atomic E-state index is 13.4. The second-order valence-corrected chi connectivity index (χ2v) is 3.62. The molecule has 17 heavy (non-hydrogen) atoms. The zero-order valence-corrected chi connectivity index (χ0v) is 9.14. The van der Waals surface area contributed by atoms with E-state index in [1.54, 1.807) is 19.1 Å². The Kier molecular flexibility index (Phi) is 2.87. The molecule has 3 nitrogen and oxygen atoms in total. The summed E-state index contributed by atoms with van der Waals surface area (Å²) >= 11 is 0. The molecule has 0 amide bonds. The number of carboxylic acids is 1. The quantitative estimate of drug-likeness (QED) is 0.864. The summed E-state index contributed by atoms with van der Waals surface area (Å²) in [7, 11) is 0. The van der Waals surface area contributed by atoms with Crippen molar-refractivity contribution in [2.24, 2.45) is 0 Å². The Balaban J connectivity index is 2.69. The van der Waals surface area contributed by atoms with Gasteiger partial charge in [-0.25, -0.2) is 9.18 Å². The first-order valence-corrected chi connectivity index (χ1v) is 5.05. The molecule has 1 aromatic heterocycles. The lowest BCUT2D eigenvalue weighted by atomic mass is 10.0. The molecule has 0 saturated carbocycles. The Bertz CT molecular complexity index is 581. The SMILES string of the molecule is Cc1c(F)cccc1-c1ncccc1C(=O)O. The minimum atomic E-state index is -1.07. The number of hydrogen-bond donors (Lipinski definition) is 1. The second-order valence-electron chi connectivity index (χ2n) is 3.62. The van der Waals surface area contributed by atoms with Crippen molar-refractivity contribution in [3.63, 3.8) is 0 Å². The van der Waals surface area contributed by atoms with Crippen molar-refractivity contribution in [1.82, 2.24) is 4.98 Å². The Labute approximate surface area is 97.6 Å². The third-order valence-electron chi connectivity index (χ3n) is 2.56. The van der Waals surface area contributed by atoms with E-state index in [0.717, 1.165) is 0 Å². The van der Waals surface area contributed by atoms with E-state index in [1.165, 1.54) is 24.4 Å². The predicted octanol–water partition coefficient (Wildman–Crippen LogP) is 2.89. The predicted molar refractivity (Wildman–Crippen MR) is 61.3 cm³/mol. The fraction of sp³-hybridized carbons (Fsp3) is 0.0769. The average Bonchev–Trinajstić information content (AvgIpc) is 2.33. The highest BCUT2D eigenvalue weighted by Crippen LogP contribution is 2.26. The average molecular weight is 231 g/mol. The van der Waals surface area contributed by atoms with Crippen LogP contribution >= 0.6 is 0 Å². The van der Waals surface area contributed by atoms with Gasteiger partial charge >= 0.3 is 5.97 Å². The van der Waals surface area contributed by atoms with E-state index < -0.39 is 5.97 Å². The number of nitrogens with zero attached hydrogens (tertiary/aromatic N) is 1. The molecule has 86 valence electrons. The molecule has 2 rings (SSSR count). The highest BCUT2D eigenvalue weighted by molar-refractivity contribution is 5.95. The molecule has 0 saturated heterocycles. The lowest BCUT2D eigenvalue weighted by Gasteiger charge is -2.08. The first-order chi connectivity index (χ1) is 8.11. The van der Waals surface area contributed by atoms with Crippen molar-refractivity contribution >= 4 is 5.97 Å².